The van der Waals surface area contributed by atoms with Gasteiger partial charge in [0, 0.05) is 38.2 Å². The highest BCUT2D eigenvalue weighted by Gasteiger charge is 2.29. The second kappa shape index (κ2) is 7.94. The first-order chi connectivity index (χ1) is 14.3. The van der Waals surface area contributed by atoms with Crippen molar-refractivity contribution >= 4 is 17.8 Å². The Labute approximate surface area is 168 Å². The van der Waals surface area contributed by atoms with Crippen LogP contribution in [0.3, 0.4) is 0 Å². The van der Waals surface area contributed by atoms with E-state index < -0.39 is 0 Å². The first-order valence-electron chi connectivity index (χ1n) is 10.3. The van der Waals surface area contributed by atoms with E-state index >= 15 is 0 Å². The lowest BCUT2D eigenvalue weighted by molar-refractivity contribution is 0.0940. The number of morpholine rings is 1. The predicted octanol–water partition coefficient (Wildman–Crippen LogP) is 1.10. The van der Waals surface area contributed by atoms with E-state index in [1.54, 1.807) is 6.07 Å². The number of rotatable bonds is 6. The third kappa shape index (κ3) is 4.16. The summed E-state index contributed by atoms with van der Waals surface area (Å²) < 4.78 is 10.7. The molecule has 154 valence electrons. The quantitative estimate of drug-likeness (QED) is 0.763. The number of hydrogen-bond acceptors (Lipinski definition) is 9. The Morgan fingerprint density at radius 2 is 1.72 bits per heavy atom. The molecule has 2 aromatic heterocycles. The van der Waals surface area contributed by atoms with Gasteiger partial charge in [-0.25, -0.2) is 0 Å². The molecule has 0 unspecified atom stereocenters. The van der Waals surface area contributed by atoms with Gasteiger partial charge in [-0.15, -0.1) is 0 Å². The molecule has 5 rings (SSSR count). The zero-order valence-corrected chi connectivity index (χ0v) is 16.3. The van der Waals surface area contributed by atoms with Crippen LogP contribution in [0.5, 0.6) is 0 Å². The SMILES string of the molecule is O=C(NCc1nc(N2CCCC2)nc(N2CCOCC2)n1)c1cc(C2CC2)on1. The number of carbonyl (C=O) groups is 1. The van der Waals surface area contributed by atoms with Crippen molar-refractivity contribution in [1.82, 2.24) is 25.4 Å². The first kappa shape index (κ1) is 18.3. The first-order valence-corrected chi connectivity index (χ1v) is 10.3. The van der Waals surface area contributed by atoms with Gasteiger partial charge in [0.25, 0.3) is 5.91 Å². The summed E-state index contributed by atoms with van der Waals surface area (Å²) in [5.74, 6) is 2.81. The van der Waals surface area contributed by atoms with E-state index in [-0.39, 0.29) is 12.5 Å². The van der Waals surface area contributed by atoms with Crippen LogP contribution >= 0.6 is 0 Å². The van der Waals surface area contributed by atoms with Gasteiger partial charge in [-0.2, -0.15) is 15.0 Å². The molecule has 0 aromatic carbocycles. The maximum absolute atomic E-state index is 12.5. The number of amides is 1. The Bertz CT molecular complexity index is 870. The molecular weight excluding hydrogens is 374 g/mol. The molecule has 1 aliphatic carbocycles. The molecule has 10 nitrogen and oxygen atoms in total. The highest BCUT2D eigenvalue weighted by Crippen LogP contribution is 2.40. The third-order valence-corrected chi connectivity index (χ3v) is 5.49. The minimum absolute atomic E-state index is 0.213. The molecule has 0 atom stereocenters. The lowest BCUT2D eigenvalue weighted by Gasteiger charge is -2.28. The number of nitrogens with zero attached hydrogens (tertiary/aromatic N) is 6. The van der Waals surface area contributed by atoms with Crippen molar-refractivity contribution in [3.05, 3.63) is 23.3 Å². The zero-order chi connectivity index (χ0) is 19.6. The number of ether oxygens (including phenoxy) is 1. The summed E-state index contributed by atoms with van der Waals surface area (Å²) in [4.78, 5) is 30.6. The van der Waals surface area contributed by atoms with Gasteiger partial charge >= 0.3 is 0 Å². The summed E-state index contributed by atoms with van der Waals surface area (Å²) in [5, 5.41) is 6.75. The van der Waals surface area contributed by atoms with Gasteiger partial charge in [0.2, 0.25) is 11.9 Å². The van der Waals surface area contributed by atoms with Crippen molar-refractivity contribution in [3.63, 3.8) is 0 Å². The number of carbonyl (C=O) groups excluding carboxylic acids is 1. The fourth-order valence-electron chi connectivity index (χ4n) is 3.64. The molecule has 0 spiro atoms. The van der Waals surface area contributed by atoms with Crippen molar-refractivity contribution in [3.8, 4) is 0 Å². The minimum atomic E-state index is -0.281. The largest absolute Gasteiger partial charge is 0.378 e. The zero-order valence-electron chi connectivity index (χ0n) is 16.3. The second-order valence-corrected chi connectivity index (χ2v) is 7.72. The summed E-state index contributed by atoms with van der Waals surface area (Å²) >= 11 is 0. The third-order valence-electron chi connectivity index (χ3n) is 5.49. The number of hydrogen-bond donors (Lipinski definition) is 1. The fourth-order valence-corrected chi connectivity index (χ4v) is 3.64. The van der Waals surface area contributed by atoms with Gasteiger partial charge in [0.15, 0.2) is 11.5 Å². The molecule has 1 amide bonds. The number of nitrogens with one attached hydrogen (secondary N) is 1. The molecule has 2 aliphatic heterocycles. The van der Waals surface area contributed by atoms with Crippen molar-refractivity contribution in [1.29, 1.82) is 0 Å². The van der Waals surface area contributed by atoms with Crippen molar-refractivity contribution < 1.29 is 14.1 Å². The van der Waals surface area contributed by atoms with Gasteiger partial charge in [-0.05, 0) is 25.7 Å². The van der Waals surface area contributed by atoms with Gasteiger partial charge < -0.3 is 24.4 Å². The van der Waals surface area contributed by atoms with E-state index in [9.17, 15) is 4.79 Å². The maximum Gasteiger partial charge on any atom is 0.273 e. The lowest BCUT2D eigenvalue weighted by Crippen LogP contribution is -2.38. The molecule has 3 aliphatic rings. The molecule has 3 fully saturated rings. The second-order valence-electron chi connectivity index (χ2n) is 7.72. The topological polar surface area (TPSA) is 110 Å². The molecule has 0 bridgehead atoms. The van der Waals surface area contributed by atoms with Crippen LogP contribution in [0, 0.1) is 0 Å². The van der Waals surface area contributed by atoms with Crippen LogP contribution in [0.15, 0.2) is 10.6 Å². The Hall–Kier alpha value is -2.75. The van der Waals surface area contributed by atoms with Crippen LogP contribution in [0.1, 0.15) is 53.7 Å². The molecule has 1 saturated carbocycles. The van der Waals surface area contributed by atoms with Crippen LogP contribution in [-0.4, -0.2) is 65.4 Å². The number of aromatic nitrogens is 4. The Morgan fingerprint density at radius 1 is 1.03 bits per heavy atom. The smallest absolute Gasteiger partial charge is 0.273 e. The molecule has 10 heteroatoms. The van der Waals surface area contributed by atoms with Gasteiger partial charge in [-0.1, -0.05) is 5.16 Å². The fraction of sp³-hybridized carbons (Fsp3) is 0.632. The summed E-state index contributed by atoms with van der Waals surface area (Å²) in [6.45, 7) is 4.92. The molecular formula is C19H25N7O3. The molecule has 4 heterocycles. The monoisotopic (exact) mass is 399 g/mol. The lowest BCUT2D eigenvalue weighted by atomic mass is 10.3. The highest BCUT2D eigenvalue weighted by atomic mass is 16.5. The summed E-state index contributed by atoms with van der Waals surface area (Å²) in [7, 11) is 0. The van der Waals surface area contributed by atoms with E-state index in [0.29, 0.717) is 42.5 Å². The predicted molar refractivity (Wildman–Crippen MR) is 104 cm³/mol. The molecule has 29 heavy (non-hydrogen) atoms. The number of anilines is 2. The normalized spacial score (nSPS) is 19.6. The maximum atomic E-state index is 12.5. The standard InChI is InChI=1S/C19H25N7O3/c27-17(14-11-15(29-24-14)13-3-4-13)20-12-16-21-18(25-5-1-2-6-25)23-19(22-16)26-7-9-28-10-8-26/h11,13H,1-10,12H2,(H,20,27). The van der Waals surface area contributed by atoms with Crippen LogP contribution in [0.2, 0.25) is 0 Å². The van der Waals surface area contributed by atoms with Crippen molar-refractivity contribution in [2.75, 3.05) is 49.2 Å². The van der Waals surface area contributed by atoms with Gasteiger partial charge in [0.1, 0.15) is 5.76 Å². The van der Waals surface area contributed by atoms with E-state index in [0.717, 1.165) is 57.6 Å². The van der Waals surface area contributed by atoms with Crippen molar-refractivity contribution in [2.45, 2.75) is 38.1 Å². The molecule has 0 radical (unpaired) electrons. The van der Waals surface area contributed by atoms with Crippen LogP contribution in [0.25, 0.3) is 0 Å². The van der Waals surface area contributed by atoms with E-state index in [4.69, 9.17) is 9.26 Å². The summed E-state index contributed by atoms with van der Waals surface area (Å²) in [6.07, 6.45) is 4.48. The molecule has 1 N–H and O–H groups in total. The molecule has 2 aromatic rings. The van der Waals surface area contributed by atoms with E-state index in [1.165, 1.54) is 0 Å². The van der Waals surface area contributed by atoms with Crippen LogP contribution in [-0.2, 0) is 11.3 Å². The Kier molecular flexibility index (Phi) is 5.01. The Balaban J connectivity index is 1.31. The van der Waals surface area contributed by atoms with Gasteiger partial charge in [-0.3, -0.25) is 4.79 Å². The Morgan fingerprint density at radius 3 is 2.41 bits per heavy atom. The van der Waals surface area contributed by atoms with E-state index in [1.807, 2.05) is 0 Å². The minimum Gasteiger partial charge on any atom is -0.378 e. The molecule has 2 saturated heterocycles. The highest BCUT2D eigenvalue weighted by molar-refractivity contribution is 5.92. The van der Waals surface area contributed by atoms with Crippen molar-refractivity contribution in [2.24, 2.45) is 0 Å². The average Bonchev–Trinajstić information content (AvgIpc) is 3.26. The summed E-state index contributed by atoms with van der Waals surface area (Å²) in [5.41, 5.74) is 0.300. The summed E-state index contributed by atoms with van der Waals surface area (Å²) in [6, 6.07) is 1.73. The van der Waals surface area contributed by atoms with Crippen LogP contribution in [0.4, 0.5) is 11.9 Å². The van der Waals surface area contributed by atoms with Gasteiger partial charge in [0.05, 0.1) is 19.8 Å². The average molecular weight is 399 g/mol. The van der Waals surface area contributed by atoms with E-state index in [2.05, 4.69) is 35.2 Å². The van der Waals surface area contributed by atoms with Crippen LogP contribution < -0.4 is 15.1 Å².